The maximum Gasteiger partial charge on any atom is 0.433 e. The van der Waals surface area contributed by atoms with Crippen LogP contribution in [0.25, 0.3) is 0 Å². The van der Waals surface area contributed by atoms with E-state index in [0.717, 1.165) is 47.9 Å². The number of amides is 1. The van der Waals surface area contributed by atoms with E-state index in [1.165, 1.54) is 25.3 Å². The van der Waals surface area contributed by atoms with Gasteiger partial charge in [0.25, 0.3) is 0 Å². The number of pyridine rings is 1. The number of hydrogen-bond acceptors (Lipinski definition) is 5. The van der Waals surface area contributed by atoms with Gasteiger partial charge in [0.2, 0.25) is 5.91 Å². The van der Waals surface area contributed by atoms with Crippen molar-refractivity contribution in [2.45, 2.75) is 45.8 Å². The molecule has 1 amide bonds. The molecule has 1 fully saturated rings. The highest BCUT2D eigenvalue weighted by atomic mass is 19.4. The molecule has 1 aromatic heterocycles. The molecule has 1 aliphatic heterocycles. The molecule has 0 spiro atoms. The number of likely N-dealkylation sites (N-methyl/N-ethyl adjacent to an activating group) is 1. The number of rotatable bonds is 5. The minimum atomic E-state index is -4.45. The van der Waals surface area contributed by atoms with Gasteiger partial charge in [-0.2, -0.15) is 13.2 Å². The first-order chi connectivity index (χ1) is 15.9. The molecule has 2 aromatic rings. The number of carbonyl (C=O) groups is 1. The molecule has 0 saturated carbocycles. The van der Waals surface area contributed by atoms with Crippen molar-refractivity contribution >= 4 is 17.3 Å². The van der Waals surface area contributed by atoms with E-state index >= 15 is 0 Å². The molecule has 1 saturated heterocycles. The monoisotopic (exact) mass is 478 g/mol. The molecule has 34 heavy (non-hydrogen) atoms. The van der Waals surface area contributed by atoms with Crippen molar-refractivity contribution in [3.05, 3.63) is 60.1 Å². The summed E-state index contributed by atoms with van der Waals surface area (Å²) in [6.45, 7) is 11.1. The number of carbonyl (C=O) groups excluding carboxylic acids is 1. The second-order valence-electron chi connectivity index (χ2n) is 8.57. The molecule has 6 nitrogen and oxygen atoms in total. The SMILES string of the molecule is C=C(Nc1ccc(OC)cc1C)[C@H]1CC(C)CCN1C.CC(=O)Nc1ccc(C(F)(F)F)nc1. The maximum absolute atomic E-state index is 12.0. The first-order valence-electron chi connectivity index (χ1n) is 11.0. The van der Waals surface area contributed by atoms with Crippen LogP contribution in [0.2, 0.25) is 0 Å². The van der Waals surface area contributed by atoms with E-state index in [1.54, 1.807) is 7.11 Å². The fourth-order valence-electron chi connectivity index (χ4n) is 3.67. The second-order valence-corrected chi connectivity index (χ2v) is 8.57. The third kappa shape index (κ3) is 8.06. The summed E-state index contributed by atoms with van der Waals surface area (Å²) in [7, 11) is 3.88. The summed E-state index contributed by atoms with van der Waals surface area (Å²) < 4.78 is 41.3. The summed E-state index contributed by atoms with van der Waals surface area (Å²) in [5.41, 5.74) is 2.64. The number of hydrogen-bond donors (Lipinski definition) is 2. The molecular formula is C25H33F3N4O2. The number of halogens is 3. The fraction of sp³-hybridized carbons (Fsp3) is 0.440. The molecule has 2 heterocycles. The standard InChI is InChI=1S/C17H26N2O.C8H7F3N2O/c1-12-8-9-19(4)17(10-12)14(3)18-16-7-6-15(20-5)11-13(16)2;1-5(14)13-6-2-3-7(12-4-6)8(9,10)11/h6-7,11-12,17-18H,3,8-10H2,1-2,4-5H3;2-4H,1H3,(H,13,14)/t12?,17-;/m1./s1. The average molecular weight is 479 g/mol. The average Bonchev–Trinajstić information content (AvgIpc) is 2.76. The Morgan fingerprint density at radius 3 is 2.47 bits per heavy atom. The van der Waals surface area contributed by atoms with E-state index in [9.17, 15) is 18.0 Å². The van der Waals surface area contributed by atoms with Gasteiger partial charge in [0.15, 0.2) is 0 Å². The summed E-state index contributed by atoms with van der Waals surface area (Å²) in [4.78, 5) is 16.1. The van der Waals surface area contributed by atoms with Crippen LogP contribution >= 0.6 is 0 Å². The van der Waals surface area contributed by atoms with E-state index in [0.29, 0.717) is 6.04 Å². The zero-order valence-corrected chi connectivity index (χ0v) is 20.3. The Labute approximate surface area is 199 Å². The Kier molecular flexibility index (Phi) is 9.49. The normalized spacial score (nSPS) is 18.4. The number of anilines is 2. The molecule has 2 N–H and O–H groups in total. The van der Waals surface area contributed by atoms with Crippen molar-refractivity contribution in [2.75, 3.05) is 31.3 Å². The third-order valence-corrected chi connectivity index (χ3v) is 5.64. The quantitative estimate of drug-likeness (QED) is 0.576. The van der Waals surface area contributed by atoms with Crippen LogP contribution in [0.15, 0.2) is 48.8 Å². The van der Waals surface area contributed by atoms with Gasteiger partial charge in [0, 0.05) is 24.4 Å². The summed E-state index contributed by atoms with van der Waals surface area (Å²) in [5, 5.41) is 5.81. The molecule has 186 valence electrons. The van der Waals surface area contributed by atoms with Crippen molar-refractivity contribution in [3.63, 3.8) is 0 Å². The van der Waals surface area contributed by atoms with Crippen molar-refractivity contribution in [1.82, 2.24) is 9.88 Å². The first kappa shape index (κ1) is 27.2. The number of aryl methyl sites for hydroxylation is 1. The molecular weight excluding hydrogens is 445 g/mol. The van der Waals surface area contributed by atoms with Crippen LogP contribution in [0, 0.1) is 12.8 Å². The van der Waals surface area contributed by atoms with Gasteiger partial charge in [0.05, 0.1) is 19.0 Å². The number of benzene rings is 1. The van der Waals surface area contributed by atoms with E-state index in [1.807, 2.05) is 12.1 Å². The maximum atomic E-state index is 12.0. The lowest BCUT2D eigenvalue weighted by atomic mass is 9.91. The number of piperidine rings is 1. The van der Waals surface area contributed by atoms with E-state index in [-0.39, 0.29) is 11.6 Å². The van der Waals surface area contributed by atoms with Crippen molar-refractivity contribution in [2.24, 2.45) is 5.92 Å². The zero-order valence-electron chi connectivity index (χ0n) is 20.3. The van der Waals surface area contributed by atoms with Crippen LogP contribution in [0.4, 0.5) is 24.5 Å². The van der Waals surface area contributed by atoms with Gasteiger partial charge in [-0.3, -0.25) is 9.69 Å². The van der Waals surface area contributed by atoms with Crippen LogP contribution in [0.1, 0.15) is 37.9 Å². The van der Waals surface area contributed by atoms with Crippen LogP contribution in [-0.2, 0) is 11.0 Å². The van der Waals surface area contributed by atoms with Crippen LogP contribution < -0.4 is 15.4 Å². The highest BCUT2D eigenvalue weighted by Gasteiger charge is 2.32. The van der Waals surface area contributed by atoms with Crippen molar-refractivity contribution < 1.29 is 22.7 Å². The lowest BCUT2D eigenvalue weighted by molar-refractivity contribution is -0.141. The minimum Gasteiger partial charge on any atom is -0.497 e. The van der Waals surface area contributed by atoms with Crippen LogP contribution in [0.5, 0.6) is 5.75 Å². The Hall–Kier alpha value is -3.07. The largest absolute Gasteiger partial charge is 0.497 e. The predicted octanol–water partition coefficient (Wildman–Crippen LogP) is 5.72. The van der Waals surface area contributed by atoms with Crippen molar-refractivity contribution in [3.8, 4) is 5.75 Å². The topological polar surface area (TPSA) is 66.5 Å². The lowest BCUT2D eigenvalue weighted by Gasteiger charge is -2.37. The Morgan fingerprint density at radius 1 is 1.24 bits per heavy atom. The van der Waals surface area contributed by atoms with E-state index in [2.05, 4.69) is 54.1 Å². The Morgan fingerprint density at radius 2 is 1.94 bits per heavy atom. The number of aromatic nitrogens is 1. The van der Waals surface area contributed by atoms with Crippen LogP contribution in [-0.4, -0.2) is 42.5 Å². The van der Waals surface area contributed by atoms with E-state index in [4.69, 9.17) is 4.74 Å². The summed E-state index contributed by atoms with van der Waals surface area (Å²) >= 11 is 0. The Balaban J connectivity index is 0.000000257. The summed E-state index contributed by atoms with van der Waals surface area (Å²) in [5.74, 6) is 1.31. The lowest BCUT2D eigenvalue weighted by Crippen LogP contribution is -2.41. The highest BCUT2D eigenvalue weighted by molar-refractivity contribution is 5.88. The molecule has 1 unspecified atom stereocenters. The number of methoxy groups -OCH3 is 1. The van der Waals surface area contributed by atoms with Gasteiger partial charge >= 0.3 is 6.18 Å². The number of alkyl halides is 3. The smallest absolute Gasteiger partial charge is 0.433 e. The van der Waals surface area contributed by atoms with Gasteiger partial charge in [-0.05, 0) is 75.2 Å². The van der Waals surface area contributed by atoms with Gasteiger partial charge in [-0.25, -0.2) is 4.98 Å². The zero-order chi connectivity index (χ0) is 25.5. The molecule has 1 aromatic carbocycles. The first-order valence-corrected chi connectivity index (χ1v) is 11.0. The molecule has 3 rings (SSSR count). The van der Waals surface area contributed by atoms with Gasteiger partial charge in [0.1, 0.15) is 11.4 Å². The Bertz CT molecular complexity index is 977. The molecule has 0 aliphatic carbocycles. The van der Waals surface area contributed by atoms with Crippen molar-refractivity contribution in [1.29, 1.82) is 0 Å². The summed E-state index contributed by atoms with van der Waals surface area (Å²) in [6.07, 6.45) is -1.03. The minimum absolute atomic E-state index is 0.241. The fourth-order valence-corrected chi connectivity index (χ4v) is 3.67. The number of nitrogens with one attached hydrogen (secondary N) is 2. The van der Waals surface area contributed by atoms with Crippen LogP contribution in [0.3, 0.4) is 0 Å². The number of nitrogens with zero attached hydrogens (tertiary/aromatic N) is 2. The van der Waals surface area contributed by atoms with Gasteiger partial charge < -0.3 is 15.4 Å². The number of likely N-dealkylation sites (tertiary alicyclic amines) is 1. The number of ether oxygens (including phenoxy) is 1. The van der Waals surface area contributed by atoms with Gasteiger partial charge in [-0.15, -0.1) is 0 Å². The molecule has 9 heteroatoms. The molecule has 0 bridgehead atoms. The van der Waals surface area contributed by atoms with E-state index < -0.39 is 11.9 Å². The third-order valence-electron chi connectivity index (χ3n) is 5.64. The molecule has 2 atom stereocenters. The molecule has 0 radical (unpaired) electrons. The highest BCUT2D eigenvalue weighted by Crippen LogP contribution is 2.29. The second kappa shape index (κ2) is 11.9. The van der Waals surface area contributed by atoms with Gasteiger partial charge in [-0.1, -0.05) is 13.5 Å². The predicted molar refractivity (Wildman–Crippen MR) is 129 cm³/mol. The summed E-state index contributed by atoms with van der Waals surface area (Å²) in [6, 6.07) is 8.47. The molecule has 1 aliphatic rings.